The fraction of sp³-hybridized carbons (Fsp3) is 0. The molecule has 0 fully saturated rings. The standard InChI is InChI=1S/C50H33N/c1-3-16-36(17-4-1)49-28-29-50(37-18-5-2-6-19-37)51(49)40-30-39-32-46-38(22-13-27-45(46)43-25-11-20-34-14-7-9-23-41(34)43)31-47(39)48(33-40)44-26-12-21-35-15-8-10-24-42(35)44/h1-33H. The lowest BCUT2D eigenvalue weighted by Crippen LogP contribution is -2.01. The van der Waals surface area contributed by atoms with Crippen molar-refractivity contribution in [3.05, 3.63) is 200 Å². The van der Waals surface area contributed by atoms with Gasteiger partial charge in [0.15, 0.2) is 0 Å². The third-order valence-corrected chi connectivity index (χ3v) is 10.4. The molecule has 0 aliphatic heterocycles. The molecule has 0 radical (unpaired) electrons. The first kappa shape index (κ1) is 29.2. The molecule has 9 aromatic carbocycles. The van der Waals surface area contributed by atoms with Crippen LogP contribution in [0.25, 0.3) is 93.5 Å². The van der Waals surface area contributed by atoms with Crippen molar-refractivity contribution >= 4 is 43.1 Å². The number of fused-ring (bicyclic) bond motifs is 4. The molecular formula is C50H33N. The molecule has 0 saturated heterocycles. The molecule has 0 spiro atoms. The van der Waals surface area contributed by atoms with Gasteiger partial charge in [0.1, 0.15) is 0 Å². The van der Waals surface area contributed by atoms with Crippen molar-refractivity contribution in [3.63, 3.8) is 0 Å². The van der Waals surface area contributed by atoms with Crippen LogP contribution in [0.3, 0.4) is 0 Å². The van der Waals surface area contributed by atoms with Crippen LogP contribution in [0.4, 0.5) is 0 Å². The van der Waals surface area contributed by atoms with Gasteiger partial charge in [-0.3, -0.25) is 0 Å². The highest BCUT2D eigenvalue weighted by Crippen LogP contribution is 2.42. The van der Waals surface area contributed by atoms with Gasteiger partial charge in [0.05, 0.1) is 11.4 Å². The van der Waals surface area contributed by atoms with E-state index >= 15 is 0 Å². The van der Waals surface area contributed by atoms with Gasteiger partial charge in [-0.2, -0.15) is 0 Å². The van der Waals surface area contributed by atoms with Crippen LogP contribution in [0.1, 0.15) is 0 Å². The van der Waals surface area contributed by atoms with E-state index in [1.807, 2.05) is 0 Å². The van der Waals surface area contributed by atoms with Crippen LogP contribution in [0.5, 0.6) is 0 Å². The van der Waals surface area contributed by atoms with Crippen molar-refractivity contribution in [2.24, 2.45) is 0 Å². The zero-order chi connectivity index (χ0) is 33.7. The van der Waals surface area contributed by atoms with Crippen molar-refractivity contribution in [1.29, 1.82) is 0 Å². The zero-order valence-electron chi connectivity index (χ0n) is 28.0. The maximum absolute atomic E-state index is 2.44. The second-order valence-electron chi connectivity index (χ2n) is 13.3. The molecule has 0 unspecified atom stereocenters. The molecule has 0 bridgehead atoms. The maximum Gasteiger partial charge on any atom is 0.0535 e. The summed E-state index contributed by atoms with van der Waals surface area (Å²) in [7, 11) is 0. The predicted octanol–water partition coefficient (Wildman–Crippen LogP) is 13.8. The van der Waals surface area contributed by atoms with Crippen LogP contribution < -0.4 is 0 Å². The number of hydrogen-bond donors (Lipinski definition) is 0. The Morgan fingerprint density at radius 3 is 1.27 bits per heavy atom. The fourth-order valence-electron chi connectivity index (χ4n) is 8.01. The molecule has 51 heavy (non-hydrogen) atoms. The summed E-state index contributed by atoms with van der Waals surface area (Å²) in [4.78, 5) is 0. The number of rotatable bonds is 5. The van der Waals surface area contributed by atoms with Gasteiger partial charge in [-0.05, 0) is 113 Å². The number of aromatic nitrogens is 1. The second-order valence-corrected chi connectivity index (χ2v) is 13.3. The van der Waals surface area contributed by atoms with E-state index in [4.69, 9.17) is 0 Å². The largest absolute Gasteiger partial charge is 0.309 e. The van der Waals surface area contributed by atoms with Gasteiger partial charge in [-0.1, -0.05) is 164 Å². The van der Waals surface area contributed by atoms with E-state index in [1.54, 1.807) is 0 Å². The van der Waals surface area contributed by atoms with Gasteiger partial charge in [0.25, 0.3) is 0 Å². The SMILES string of the molecule is c1ccc(-c2ccc(-c3ccccc3)n2-c2cc(-c3cccc4ccccc34)c3cc4cccc(-c5cccc6ccccc56)c4cc3c2)cc1. The Labute approximate surface area is 297 Å². The summed E-state index contributed by atoms with van der Waals surface area (Å²) in [6, 6.07) is 73.1. The molecule has 1 aromatic heterocycles. The molecular weight excluding hydrogens is 615 g/mol. The van der Waals surface area contributed by atoms with Crippen LogP contribution in [0.15, 0.2) is 200 Å². The van der Waals surface area contributed by atoms with Crippen molar-refractivity contribution in [2.45, 2.75) is 0 Å². The summed E-state index contributed by atoms with van der Waals surface area (Å²) >= 11 is 0. The van der Waals surface area contributed by atoms with Gasteiger partial charge in [-0.15, -0.1) is 0 Å². The summed E-state index contributed by atoms with van der Waals surface area (Å²) < 4.78 is 2.44. The average Bonchev–Trinajstić information content (AvgIpc) is 3.65. The lowest BCUT2D eigenvalue weighted by atomic mass is 9.89. The third-order valence-electron chi connectivity index (χ3n) is 10.4. The van der Waals surface area contributed by atoms with Crippen molar-refractivity contribution in [2.75, 3.05) is 0 Å². The summed E-state index contributed by atoms with van der Waals surface area (Å²) in [5.74, 6) is 0. The Hall–Kier alpha value is -6.70. The third kappa shape index (κ3) is 4.94. The quantitative estimate of drug-likeness (QED) is 0.164. The molecule has 10 aromatic rings. The Morgan fingerprint density at radius 1 is 0.255 bits per heavy atom. The zero-order valence-corrected chi connectivity index (χ0v) is 28.0. The predicted molar refractivity (Wildman–Crippen MR) is 218 cm³/mol. The molecule has 238 valence electrons. The first-order chi connectivity index (χ1) is 25.3. The number of nitrogens with zero attached hydrogens (tertiary/aromatic N) is 1. The highest BCUT2D eigenvalue weighted by Gasteiger charge is 2.18. The summed E-state index contributed by atoms with van der Waals surface area (Å²) in [6.45, 7) is 0. The minimum Gasteiger partial charge on any atom is -0.309 e. The first-order valence-electron chi connectivity index (χ1n) is 17.6. The van der Waals surface area contributed by atoms with Crippen LogP contribution in [0.2, 0.25) is 0 Å². The van der Waals surface area contributed by atoms with Crippen LogP contribution >= 0.6 is 0 Å². The summed E-state index contributed by atoms with van der Waals surface area (Å²) in [6.07, 6.45) is 0. The summed E-state index contributed by atoms with van der Waals surface area (Å²) in [5, 5.41) is 9.95. The number of hydrogen-bond acceptors (Lipinski definition) is 0. The Bertz CT molecular complexity index is 2830. The van der Waals surface area contributed by atoms with Gasteiger partial charge >= 0.3 is 0 Å². The highest BCUT2D eigenvalue weighted by atomic mass is 15.0. The molecule has 1 nitrogen and oxygen atoms in total. The first-order valence-corrected chi connectivity index (χ1v) is 17.6. The average molecular weight is 648 g/mol. The molecule has 0 N–H and O–H groups in total. The Morgan fingerprint density at radius 2 is 0.686 bits per heavy atom. The van der Waals surface area contributed by atoms with Crippen molar-refractivity contribution in [1.82, 2.24) is 4.57 Å². The molecule has 0 saturated carbocycles. The lowest BCUT2D eigenvalue weighted by molar-refractivity contribution is 1.10. The molecule has 0 aliphatic carbocycles. The molecule has 1 heterocycles. The monoisotopic (exact) mass is 647 g/mol. The van der Waals surface area contributed by atoms with Crippen LogP contribution in [0, 0.1) is 0 Å². The maximum atomic E-state index is 2.44. The van der Waals surface area contributed by atoms with Gasteiger partial charge < -0.3 is 4.57 Å². The van der Waals surface area contributed by atoms with Crippen molar-refractivity contribution < 1.29 is 0 Å². The molecule has 0 amide bonds. The van der Waals surface area contributed by atoms with E-state index in [-0.39, 0.29) is 0 Å². The van der Waals surface area contributed by atoms with E-state index in [9.17, 15) is 0 Å². The smallest absolute Gasteiger partial charge is 0.0535 e. The second kappa shape index (κ2) is 12.0. The Kier molecular flexibility index (Phi) is 6.89. The van der Waals surface area contributed by atoms with Gasteiger partial charge in [-0.25, -0.2) is 0 Å². The Balaban J connectivity index is 1.32. The number of benzene rings is 9. The van der Waals surface area contributed by atoms with Gasteiger partial charge in [0.2, 0.25) is 0 Å². The fourth-order valence-corrected chi connectivity index (χ4v) is 8.01. The molecule has 0 atom stereocenters. The highest BCUT2D eigenvalue weighted by molar-refractivity contribution is 6.14. The minimum atomic E-state index is 1.13. The van der Waals surface area contributed by atoms with Crippen LogP contribution in [-0.2, 0) is 0 Å². The van der Waals surface area contributed by atoms with E-state index in [0.717, 1.165) is 17.1 Å². The van der Waals surface area contributed by atoms with E-state index < -0.39 is 0 Å². The molecule has 1 heteroatoms. The lowest BCUT2D eigenvalue weighted by Gasteiger charge is -2.19. The van der Waals surface area contributed by atoms with E-state index in [0.29, 0.717) is 0 Å². The molecule has 0 aliphatic rings. The molecule has 10 rings (SSSR count). The van der Waals surface area contributed by atoms with Crippen LogP contribution in [-0.4, -0.2) is 4.57 Å². The normalized spacial score (nSPS) is 11.5. The van der Waals surface area contributed by atoms with E-state index in [2.05, 4.69) is 205 Å². The van der Waals surface area contributed by atoms with Gasteiger partial charge in [0, 0.05) is 5.69 Å². The van der Waals surface area contributed by atoms with E-state index in [1.165, 1.54) is 76.5 Å². The summed E-state index contributed by atoms with van der Waals surface area (Å²) in [5.41, 5.74) is 10.8. The minimum absolute atomic E-state index is 1.13. The topological polar surface area (TPSA) is 4.93 Å². The van der Waals surface area contributed by atoms with Crippen molar-refractivity contribution in [3.8, 4) is 50.5 Å².